The number of anilines is 2. The molecule has 4 rings (SSSR count). The molecule has 0 unspecified atom stereocenters. The highest BCUT2D eigenvalue weighted by atomic mass is 16.5. The highest BCUT2D eigenvalue weighted by Crippen LogP contribution is 2.19. The maximum absolute atomic E-state index is 12.7. The molecule has 9 heteroatoms. The van der Waals surface area contributed by atoms with Gasteiger partial charge in [0, 0.05) is 57.9 Å². The van der Waals surface area contributed by atoms with Crippen LogP contribution in [0.1, 0.15) is 17.0 Å². The summed E-state index contributed by atoms with van der Waals surface area (Å²) in [5, 5.41) is 12.8. The van der Waals surface area contributed by atoms with Crippen LogP contribution in [-0.2, 0) is 11.2 Å². The fraction of sp³-hybridized carbons (Fsp3) is 0.600. The summed E-state index contributed by atoms with van der Waals surface area (Å²) in [6.45, 7) is 10.7. The van der Waals surface area contributed by atoms with Crippen LogP contribution < -0.4 is 9.80 Å². The van der Waals surface area contributed by atoms with Gasteiger partial charge in [0.25, 0.3) is 0 Å². The van der Waals surface area contributed by atoms with E-state index in [1.807, 2.05) is 24.8 Å². The third-order valence-corrected chi connectivity index (χ3v) is 5.93. The van der Waals surface area contributed by atoms with Gasteiger partial charge in [0.15, 0.2) is 11.6 Å². The van der Waals surface area contributed by atoms with Gasteiger partial charge in [0.2, 0.25) is 5.91 Å². The third-order valence-electron chi connectivity index (χ3n) is 5.93. The summed E-state index contributed by atoms with van der Waals surface area (Å²) in [4.78, 5) is 21.4. The Morgan fingerprint density at radius 3 is 1.97 bits per heavy atom. The van der Waals surface area contributed by atoms with Gasteiger partial charge in [0.1, 0.15) is 5.76 Å². The molecule has 4 heterocycles. The number of aryl methyl sites for hydroxylation is 2. The molecular formula is C20H29N7O2. The Hall–Kier alpha value is -2.68. The third kappa shape index (κ3) is 4.34. The van der Waals surface area contributed by atoms with Crippen LogP contribution in [0.4, 0.5) is 11.6 Å². The Kier molecular flexibility index (Phi) is 5.66. The molecule has 2 aromatic rings. The van der Waals surface area contributed by atoms with Gasteiger partial charge in [-0.1, -0.05) is 5.16 Å². The largest absolute Gasteiger partial charge is 0.361 e. The molecule has 2 saturated heterocycles. The minimum absolute atomic E-state index is 0.121. The number of likely N-dealkylation sites (N-methyl/N-ethyl adjacent to an activating group) is 1. The second-order valence-corrected chi connectivity index (χ2v) is 7.89. The van der Waals surface area contributed by atoms with Crippen molar-refractivity contribution in [1.29, 1.82) is 0 Å². The first-order valence-corrected chi connectivity index (χ1v) is 10.2. The van der Waals surface area contributed by atoms with Gasteiger partial charge < -0.3 is 24.1 Å². The number of amides is 1. The van der Waals surface area contributed by atoms with E-state index in [1.54, 1.807) is 0 Å². The van der Waals surface area contributed by atoms with E-state index in [1.165, 1.54) is 0 Å². The monoisotopic (exact) mass is 399 g/mol. The van der Waals surface area contributed by atoms with E-state index in [0.717, 1.165) is 67.9 Å². The molecule has 9 nitrogen and oxygen atoms in total. The smallest absolute Gasteiger partial charge is 0.227 e. The summed E-state index contributed by atoms with van der Waals surface area (Å²) < 4.78 is 5.17. The average molecular weight is 399 g/mol. The van der Waals surface area contributed by atoms with Gasteiger partial charge in [-0.15, -0.1) is 10.2 Å². The predicted molar refractivity (Wildman–Crippen MR) is 110 cm³/mol. The molecule has 2 fully saturated rings. The Bertz CT molecular complexity index is 816. The van der Waals surface area contributed by atoms with Gasteiger partial charge in [-0.3, -0.25) is 4.79 Å². The quantitative estimate of drug-likeness (QED) is 0.744. The van der Waals surface area contributed by atoms with Crippen molar-refractivity contribution in [2.24, 2.45) is 0 Å². The second-order valence-electron chi connectivity index (χ2n) is 7.89. The number of carbonyl (C=O) groups is 1. The highest BCUT2D eigenvalue weighted by Gasteiger charge is 2.24. The first-order valence-electron chi connectivity index (χ1n) is 10.2. The SMILES string of the molecule is Cc1noc(C)c1CC(=O)N1CCN(c2ccc(N3CCN(C)CC3)nn2)CC1. The van der Waals surface area contributed by atoms with Crippen molar-refractivity contribution in [2.45, 2.75) is 20.3 Å². The van der Waals surface area contributed by atoms with Crippen LogP contribution in [0.5, 0.6) is 0 Å². The zero-order valence-electron chi connectivity index (χ0n) is 17.5. The zero-order valence-corrected chi connectivity index (χ0v) is 17.5. The number of aromatic nitrogens is 3. The first-order chi connectivity index (χ1) is 14.0. The van der Waals surface area contributed by atoms with E-state index in [2.05, 4.69) is 43.2 Å². The van der Waals surface area contributed by atoms with Gasteiger partial charge in [-0.25, -0.2) is 0 Å². The Morgan fingerprint density at radius 1 is 0.931 bits per heavy atom. The number of nitrogens with zero attached hydrogens (tertiary/aromatic N) is 7. The number of carbonyl (C=O) groups excluding carboxylic acids is 1. The van der Waals surface area contributed by atoms with Crippen molar-refractivity contribution in [1.82, 2.24) is 25.2 Å². The molecule has 2 aliphatic heterocycles. The second kappa shape index (κ2) is 8.36. The van der Waals surface area contributed by atoms with Crippen molar-refractivity contribution < 1.29 is 9.32 Å². The summed E-state index contributed by atoms with van der Waals surface area (Å²) in [6.07, 6.45) is 0.348. The van der Waals surface area contributed by atoms with Crippen LogP contribution >= 0.6 is 0 Å². The molecule has 0 saturated carbocycles. The normalized spacial score (nSPS) is 18.4. The molecular weight excluding hydrogens is 370 g/mol. The summed E-state index contributed by atoms with van der Waals surface area (Å²) in [7, 11) is 2.14. The number of hydrogen-bond donors (Lipinski definition) is 0. The first kappa shape index (κ1) is 19.6. The van der Waals surface area contributed by atoms with Crippen molar-refractivity contribution >= 4 is 17.5 Å². The van der Waals surface area contributed by atoms with Crippen LogP contribution in [0.15, 0.2) is 16.7 Å². The molecule has 2 aliphatic rings. The van der Waals surface area contributed by atoms with Gasteiger partial charge in [0.05, 0.1) is 12.1 Å². The van der Waals surface area contributed by atoms with Crippen LogP contribution in [0.2, 0.25) is 0 Å². The molecule has 0 aromatic carbocycles. The molecule has 29 heavy (non-hydrogen) atoms. The van der Waals surface area contributed by atoms with Gasteiger partial charge in [-0.2, -0.15) is 0 Å². The molecule has 0 aliphatic carbocycles. The van der Waals surface area contributed by atoms with E-state index in [4.69, 9.17) is 4.52 Å². The van der Waals surface area contributed by atoms with E-state index >= 15 is 0 Å². The van der Waals surface area contributed by atoms with Crippen molar-refractivity contribution in [3.8, 4) is 0 Å². The van der Waals surface area contributed by atoms with Crippen molar-refractivity contribution in [2.75, 3.05) is 69.2 Å². The maximum Gasteiger partial charge on any atom is 0.227 e. The predicted octanol–water partition coefficient (Wildman–Crippen LogP) is 0.725. The summed E-state index contributed by atoms with van der Waals surface area (Å²) in [5.41, 5.74) is 1.70. The fourth-order valence-corrected chi connectivity index (χ4v) is 3.89. The van der Waals surface area contributed by atoms with Crippen LogP contribution in [0.25, 0.3) is 0 Å². The highest BCUT2D eigenvalue weighted by molar-refractivity contribution is 5.79. The Balaban J connectivity index is 1.30. The van der Waals surface area contributed by atoms with Crippen LogP contribution in [0, 0.1) is 13.8 Å². The number of rotatable bonds is 4. The Morgan fingerprint density at radius 2 is 1.48 bits per heavy atom. The van der Waals surface area contributed by atoms with Crippen molar-refractivity contribution in [3.05, 3.63) is 29.2 Å². The van der Waals surface area contributed by atoms with Gasteiger partial charge in [-0.05, 0) is 33.0 Å². The lowest BCUT2D eigenvalue weighted by Gasteiger charge is -2.36. The van der Waals surface area contributed by atoms with Crippen LogP contribution in [-0.4, -0.2) is 90.5 Å². The van der Waals surface area contributed by atoms with E-state index in [0.29, 0.717) is 19.5 Å². The van der Waals surface area contributed by atoms with E-state index in [9.17, 15) is 4.79 Å². The lowest BCUT2D eigenvalue weighted by Crippen LogP contribution is -2.49. The topological polar surface area (TPSA) is 81.8 Å². The Labute approximate surface area is 171 Å². The number of piperazine rings is 2. The lowest BCUT2D eigenvalue weighted by molar-refractivity contribution is -0.130. The molecule has 156 valence electrons. The van der Waals surface area contributed by atoms with Crippen molar-refractivity contribution in [3.63, 3.8) is 0 Å². The lowest BCUT2D eigenvalue weighted by atomic mass is 10.1. The van der Waals surface area contributed by atoms with E-state index in [-0.39, 0.29) is 5.91 Å². The molecule has 0 bridgehead atoms. The molecule has 1 amide bonds. The fourth-order valence-electron chi connectivity index (χ4n) is 3.89. The van der Waals surface area contributed by atoms with Gasteiger partial charge >= 0.3 is 0 Å². The van der Waals surface area contributed by atoms with Crippen LogP contribution in [0.3, 0.4) is 0 Å². The zero-order chi connectivity index (χ0) is 20.4. The number of hydrogen-bond acceptors (Lipinski definition) is 8. The molecule has 0 atom stereocenters. The summed E-state index contributed by atoms with van der Waals surface area (Å²) in [6, 6.07) is 4.10. The minimum atomic E-state index is 0.121. The molecule has 0 N–H and O–H groups in total. The molecule has 2 aromatic heterocycles. The van der Waals surface area contributed by atoms with E-state index < -0.39 is 0 Å². The standard InChI is InChI=1S/C20H29N7O2/c1-15-17(16(2)29-23-15)14-20(28)27-12-10-26(11-13-27)19-5-4-18(21-22-19)25-8-6-24(3)7-9-25/h4-5H,6-14H2,1-3H3. The maximum atomic E-state index is 12.7. The summed E-state index contributed by atoms with van der Waals surface area (Å²) in [5.74, 6) is 2.66. The molecule has 0 spiro atoms. The molecule has 0 radical (unpaired) electrons. The average Bonchev–Trinajstić information content (AvgIpc) is 3.06. The summed E-state index contributed by atoms with van der Waals surface area (Å²) >= 11 is 0. The minimum Gasteiger partial charge on any atom is -0.361 e.